The number of pyridine rings is 1. The summed E-state index contributed by atoms with van der Waals surface area (Å²) in [6, 6.07) is 5.23. The zero-order valence-corrected chi connectivity index (χ0v) is 14.1. The summed E-state index contributed by atoms with van der Waals surface area (Å²) in [5.74, 6) is 0.536. The molecular weight excluding hydrogens is 308 g/mol. The number of nitrogens with one attached hydrogen (secondary N) is 1. The van der Waals surface area contributed by atoms with E-state index in [2.05, 4.69) is 15.4 Å². The van der Waals surface area contributed by atoms with E-state index in [1.165, 1.54) is 0 Å². The van der Waals surface area contributed by atoms with E-state index in [-0.39, 0.29) is 24.0 Å². The van der Waals surface area contributed by atoms with Crippen molar-refractivity contribution in [3.8, 4) is 5.88 Å². The van der Waals surface area contributed by atoms with Crippen LogP contribution in [0.1, 0.15) is 40.6 Å². The van der Waals surface area contributed by atoms with Gasteiger partial charge in [0.05, 0.1) is 24.9 Å². The second-order valence-corrected chi connectivity index (χ2v) is 6.26. The van der Waals surface area contributed by atoms with E-state index in [1.54, 1.807) is 37.2 Å². The Morgan fingerprint density at radius 2 is 2.21 bits per heavy atom. The molecule has 2 aromatic heterocycles. The van der Waals surface area contributed by atoms with Crippen LogP contribution in [-0.4, -0.2) is 39.0 Å². The van der Waals surface area contributed by atoms with Crippen LogP contribution in [0, 0.1) is 12.8 Å². The number of methoxy groups -OCH3 is 1. The van der Waals surface area contributed by atoms with Crippen molar-refractivity contribution in [3.63, 3.8) is 0 Å². The smallest absolute Gasteiger partial charge is 0.270 e. The van der Waals surface area contributed by atoms with Crippen LogP contribution in [0.25, 0.3) is 0 Å². The third kappa shape index (κ3) is 3.26. The van der Waals surface area contributed by atoms with Gasteiger partial charge in [-0.15, -0.1) is 0 Å². The quantitative estimate of drug-likeness (QED) is 0.864. The van der Waals surface area contributed by atoms with Gasteiger partial charge in [-0.05, 0) is 37.3 Å². The van der Waals surface area contributed by atoms with Gasteiger partial charge in [-0.3, -0.25) is 9.48 Å². The molecule has 7 nitrogen and oxygen atoms in total. The number of rotatable bonds is 5. The second-order valence-electron chi connectivity index (χ2n) is 6.26. The average Bonchev–Trinajstić information content (AvgIpc) is 2.88. The van der Waals surface area contributed by atoms with Gasteiger partial charge in [-0.25, -0.2) is 4.98 Å². The van der Waals surface area contributed by atoms with E-state index in [9.17, 15) is 9.90 Å². The summed E-state index contributed by atoms with van der Waals surface area (Å²) in [5.41, 5.74) is 2.21. The summed E-state index contributed by atoms with van der Waals surface area (Å²) in [6.07, 6.45) is 2.76. The summed E-state index contributed by atoms with van der Waals surface area (Å²) >= 11 is 0. The van der Waals surface area contributed by atoms with Gasteiger partial charge in [-0.2, -0.15) is 5.10 Å². The number of hydrogen-bond acceptors (Lipinski definition) is 5. The lowest BCUT2D eigenvalue weighted by molar-refractivity contribution is 0.0233. The van der Waals surface area contributed by atoms with Crippen molar-refractivity contribution in [1.82, 2.24) is 20.1 Å². The molecule has 24 heavy (non-hydrogen) atoms. The zero-order chi connectivity index (χ0) is 17.3. The Balaban J connectivity index is 1.82. The first-order valence-corrected chi connectivity index (χ1v) is 7.97. The molecule has 2 aromatic rings. The van der Waals surface area contributed by atoms with Gasteiger partial charge >= 0.3 is 0 Å². The Labute approximate surface area is 140 Å². The molecule has 0 radical (unpaired) electrons. The van der Waals surface area contributed by atoms with E-state index in [4.69, 9.17) is 4.74 Å². The van der Waals surface area contributed by atoms with Crippen molar-refractivity contribution in [3.05, 3.63) is 41.3 Å². The van der Waals surface area contributed by atoms with Crippen LogP contribution in [0.2, 0.25) is 0 Å². The number of aliphatic hydroxyl groups is 1. The number of carbonyl (C=O) groups excluding carboxylic acids is 1. The lowest BCUT2D eigenvalue weighted by Crippen LogP contribution is -2.41. The molecule has 2 heterocycles. The van der Waals surface area contributed by atoms with Crippen molar-refractivity contribution >= 4 is 5.91 Å². The first kappa shape index (κ1) is 16.4. The summed E-state index contributed by atoms with van der Waals surface area (Å²) in [7, 11) is 3.31. The number of carbonyl (C=O) groups is 1. The van der Waals surface area contributed by atoms with Crippen molar-refractivity contribution in [1.29, 1.82) is 0 Å². The molecule has 1 aliphatic rings. The number of aliphatic hydroxyl groups excluding tert-OH is 1. The highest BCUT2D eigenvalue weighted by atomic mass is 16.5. The topological polar surface area (TPSA) is 89.3 Å². The standard InChI is InChI=1S/C17H22N4O3/c1-10-6-14(21(2)20-10)17(23)19-16(12-7-13(22)8-12)11-4-5-15(24-3)18-9-11/h4-6,9,12-13,16,22H,7-8H2,1-3H3,(H,19,23). The molecule has 1 atom stereocenters. The summed E-state index contributed by atoms with van der Waals surface area (Å²) in [6.45, 7) is 1.85. The molecule has 0 aliphatic heterocycles. The fraction of sp³-hybridized carbons (Fsp3) is 0.471. The van der Waals surface area contributed by atoms with E-state index >= 15 is 0 Å². The lowest BCUT2D eigenvalue weighted by Gasteiger charge is -2.38. The third-order valence-corrected chi connectivity index (χ3v) is 4.47. The fourth-order valence-electron chi connectivity index (χ4n) is 3.11. The Bertz CT molecular complexity index is 720. The fourth-order valence-corrected chi connectivity index (χ4v) is 3.11. The number of amides is 1. The summed E-state index contributed by atoms with van der Waals surface area (Å²) < 4.78 is 6.66. The summed E-state index contributed by atoms with van der Waals surface area (Å²) in [4.78, 5) is 16.9. The molecule has 1 unspecified atom stereocenters. The largest absolute Gasteiger partial charge is 0.481 e. The van der Waals surface area contributed by atoms with Crippen LogP contribution in [-0.2, 0) is 7.05 Å². The predicted molar refractivity (Wildman–Crippen MR) is 87.7 cm³/mol. The van der Waals surface area contributed by atoms with E-state index in [0.29, 0.717) is 24.4 Å². The second kappa shape index (κ2) is 6.60. The maximum atomic E-state index is 12.6. The van der Waals surface area contributed by atoms with Crippen LogP contribution in [0.4, 0.5) is 0 Å². The Morgan fingerprint density at radius 1 is 1.46 bits per heavy atom. The van der Waals surface area contributed by atoms with Gasteiger partial charge in [-0.1, -0.05) is 6.07 Å². The van der Waals surface area contributed by atoms with Gasteiger partial charge in [0, 0.05) is 19.3 Å². The Morgan fingerprint density at radius 3 is 2.71 bits per heavy atom. The molecule has 0 aromatic carbocycles. The van der Waals surface area contributed by atoms with E-state index < -0.39 is 0 Å². The van der Waals surface area contributed by atoms with Gasteiger partial charge in [0.25, 0.3) is 5.91 Å². The Kier molecular flexibility index (Phi) is 4.53. The number of nitrogens with zero attached hydrogens (tertiary/aromatic N) is 3. The molecule has 1 amide bonds. The number of ether oxygens (including phenoxy) is 1. The van der Waals surface area contributed by atoms with E-state index in [0.717, 1.165) is 11.3 Å². The SMILES string of the molecule is COc1ccc(C(NC(=O)c2cc(C)nn2C)C2CC(O)C2)cn1. The maximum absolute atomic E-state index is 12.6. The van der Waals surface area contributed by atoms with Crippen LogP contribution >= 0.6 is 0 Å². The number of aryl methyl sites for hydroxylation is 2. The van der Waals surface area contributed by atoms with Gasteiger partial charge in [0.15, 0.2) is 0 Å². The highest BCUT2D eigenvalue weighted by Crippen LogP contribution is 2.38. The van der Waals surface area contributed by atoms with Crippen molar-refractivity contribution in [2.75, 3.05) is 7.11 Å². The predicted octanol–water partition coefficient (Wildman–Crippen LogP) is 1.37. The van der Waals surface area contributed by atoms with Crippen molar-refractivity contribution in [2.45, 2.75) is 31.9 Å². The molecule has 1 fully saturated rings. The normalized spacial score (nSPS) is 21.0. The molecule has 0 saturated heterocycles. The zero-order valence-electron chi connectivity index (χ0n) is 14.1. The molecule has 1 saturated carbocycles. The molecule has 3 rings (SSSR count). The molecule has 1 aliphatic carbocycles. The monoisotopic (exact) mass is 330 g/mol. The average molecular weight is 330 g/mol. The summed E-state index contributed by atoms with van der Waals surface area (Å²) in [5, 5.41) is 16.9. The minimum Gasteiger partial charge on any atom is -0.481 e. The number of aromatic nitrogens is 3. The minimum atomic E-state index is -0.292. The van der Waals surface area contributed by atoms with Crippen LogP contribution in [0.15, 0.2) is 24.4 Å². The first-order chi connectivity index (χ1) is 11.5. The van der Waals surface area contributed by atoms with Crippen LogP contribution < -0.4 is 10.1 Å². The molecule has 2 N–H and O–H groups in total. The van der Waals surface area contributed by atoms with Crippen molar-refractivity contribution < 1.29 is 14.6 Å². The van der Waals surface area contributed by atoms with Crippen LogP contribution in [0.5, 0.6) is 5.88 Å². The number of hydrogen-bond donors (Lipinski definition) is 2. The Hall–Kier alpha value is -2.41. The highest BCUT2D eigenvalue weighted by Gasteiger charge is 2.36. The highest BCUT2D eigenvalue weighted by molar-refractivity contribution is 5.93. The third-order valence-electron chi connectivity index (χ3n) is 4.47. The first-order valence-electron chi connectivity index (χ1n) is 7.97. The lowest BCUT2D eigenvalue weighted by atomic mass is 9.75. The molecule has 128 valence electrons. The molecule has 0 spiro atoms. The minimum absolute atomic E-state index is 0.180. The molecular formula is C17H22N4O3. The molecule has 0 bridgehead atoms. The maximum Gasteiger partial charge on any atom is 0.270 e. The van der Waals surface area contributed by atoms with Gasteiger partial charge < -0.3 is 15.2 Å². The van der Waals surface area contributed by atoms with E-state index in [1.807, 2.05) is 13.0 Å². The van der Waals surface area contributed by atoms with Crippen LogP contribution in [0.3, 0.4) is 0 Å². The van der Waals surface area contributed by atoms with Gasteiger partial charge in [0.1, 0.15) is 5.69 Å². The van der Waals surface area contributed by atoms with Gasteiger partial charge in [0.2, 0.25) is 5.88 Å². The van der Waals surface area contributed by atoms with Crippen molar-refractivity contribution in [2.24, 2.45) is 13.0 Å². The molecule has 7 heteroatoms.